The van der Waals surface area contributed by atoms with Crippen LogP contribution in [0.25, 0.3) is 0 Å². The highest BCUT2D eigenvalue weighted by atomic mass is 16.4. The van der Waals surface area contributed by atoms with Gasteiger partial charge in [-0.25, -0.2) is 9.78 Å². The molecule has 0 spiro atoms. The normalized spacial score (nSPS) is 29.4. The van der Waals surface area contributed by atoms with E-state index < -0.39 is 5.97 Å². The van der Waals surface area contributed by atoms with Gasteiger partial charge in [0, 0.05) is 12.7 Å². The van der Waals surface area contributed by atoms with Gasteiger partial charge in [-0.2, -0.15) is 0 Å². The lowest BCUT2D eigenvalue weighted by atomic mass is 9.89. The summed E-state index contributed by atoms with van der Waals surface area (Å²) in [6.07, 6.45) is 7.05. The van der Waals surface area contributed by atoms with Crippen LogP contribution in [-0.2, 0) is 0 Å². The fourth-order valence-electron chi connectivity index (χ4n) is 3.57. The molecule has 1 aromatic heterocycles. The molecule has 2 aliphatic rings. The molecule has 0 aromatic carbocycles. The second-order valence-electron chi connectivity index (χ2n) is 5.52. The summed E-state index contributed by atoms with van der Waals surface area (Å²) >= 11 is 0. The van der Waals surface area contributed by atoms with E-state index in [9.17, 15) is 4.79 Å². The Morgan fingerprint density at radius 2 is 2.33 bits per heavy atom. The second kappa shape index (κ2) is 4.59. The predicted molar refractivity (Wildman–Crippen MR) is 68.6 cm³/mol. The van der Waals surface area contributed by atoms with Crippen LogP contribution in [0.5, 0.6) is 0 Å². The molecule has 0 amide bonds. The van der Waals surface area contributed by atoms with Crippen molar-refractivity contribution in [2.24, 2.45) is 17.8 Å². The highest BCUT2D eigenvalue weighted by molar-refractivity contribution is 5.92. The van der Waals surface area contributed by atoms with Crippen LogP contribution in [0.2, 0.25) is 0 Å². The number of aromatic carboxylic acids is 1. The smallest absolute Gasteiger partial charge is 0.339 e. The zero-order chi connectivity index (χ0) is 12.5. The number of pyridine rings is 1. The lowest BCUT2D eigenvalue weighted by Crippen LogP contribution is -2.21. The fourth-order valence-corrected chi connectivity index (χ4v) is 3.57. The molecule has 0 aliphatic heterocycles. The third-order valence-electron chi connectivity index (χ3n) is 4.45. The van der Waals surface area contributed by atoms with Crippen LogP contribution in [0.1, 0.15) is 36.0 Å². The molecule has 4 heteroatoms. The second-order valence-corrected chi connectivity index (χ2v) is 5.52. The molecule has 2 fully saturated rings. The summed E-state index contributed by atoms with van der Waals surface area (Å²) in [6, 6.07) is 3.25. The molecular formula is C14H18N2O2. The molecular weight excluding hydrogens is 228 g/mol. The Kier molecular flexibility index (Phi) is 2.94. The van der Waals surface area contributed by atoms with Gasteiger partial charge >= 0.3 is 5.97 Å². The van der Waals surface area contributed by atoms with Crippen molar-refractivity contribution in [3.05, 3.63) is 23.9 Å². The monoisotopic (exact) mass is 246 g/mol. The summed E-state index contributed by atoms with van der Waals surface area (Å²) in [7, 11) is 0. The largest absolute Gasteiger partial charge is 0.478 e. The number of carbonyl (C=O) groups is 1. The Morgan fingerprint density at radius 3 is 3.00 bits per heavy atom. The summed E-state index contributed by atoms with van der Waals surface area (Å²) in [4.78, 5) is 15.2. The molecule has 0 radical (unpaired) electrons. The van der Waals surface area contributed by atoms with Crippen molar-refractivity contribution < 1.29 is 9.90 Å². The van der Waals surface area contributed by atoms with Gasteiger partial charge < -0.3 is 10.4 Å². The number of carboxylic acid groups (broad SMARTS) is 1. The van der Waals surface area contributed by atoms with E-state index >= 15 is 0 Å². The zero-order valence-electron chi connectivity index (χ0n) is 10.3. The molecule has 3 rings (SSSR count). The van der Waals surface area contributed by atoms with Gasteiger partial charge in [0.05, 0.1) is 0 Å². The van der Waals surface area contributed by atoms with Gasteiger partial charge in [0.25, 0.3) is 0 Å². The van der Waals surface area contributed by atoms with E-state index in [4.69, 9.17) is 5.11 Å². The van der Waals surface area contributed by atoms with Gasteiger partial charge in [0.15, 0.2) is 0 Å². The molecule has 4 nitrogen and oxygen atoms in total. The number of nitrogens with zero attached hydrogens (tertiary/aromatic N) is 1. The highest BCUT2D eigenvalue weighted by Crippen LogP contribution is 2.48. The first-order chi connectivity index (χ1) is 8.74. The van der Waals surface area contributed by atoms with Gasteiger partial charge in [-0.15, -0.1) is 0 Å². The van der Waals surface area contributed by atoms with Gasteiger partial charge in [-0.3, -0.25) is 0 Å². The van der Waals surface area contributed by atoms with Crippen molar-refractivity contribution in [2.45, 2.75) is 25.7 Å². The van der Waals surface area contributed by atoms with Crippen LogP contribution < -0.4 is 5.32 Å². The van der Waals surface area contributed by atoms with Crippen molar-refractivity contribution in [2.75, 3.05) is 11.9 Å². The van der Waals surface area contributed by atoms with Crippen LogP contribution in [0, 0.1) is 17.8 Å². The SMILES string of the molecule is O=C(O)c1cccnc1NCC1CC2CCC1C2. The standard InChI is InChI=1S/C14H18N2O2/c17-14(18)12-2-1-5-15-13(12)16-8-11-7-9-3-4-10(11)6-9/h1-2,5,9-11H,3-4,6-8H2,(H,15,16)(H,17,18). The van der Waals surface area contributed by atoms with Crippen molar-refractivity contribution in [1.29, 1.82) is 0 Å². The number of rotatable bonds is 4. The van der Waals surface area contributed by atoms with Crippen LogP contribution in [-0.4, -0.2) is 22.6 Å². The molecule has 0 saturated heterocycles. The summed E-state index contributed by atoms with van der Waals surface area (Å²) in [5, 5.41) is 12.3. The number of aromatic nitrogens is 1. The Balaban J connectivity index is 1.65. The first kappa shape index (κ1) is 11.5. The van der Waals surface area contributed by atoms with Crippen LogP contribution in [0.4, 0.5) is 5.82 Å². The number of nitrogens with one attached hydrogen (secondary N) is 1. The number of carboxylic acids is 1. The molecule has 3 atom stereocenters. The number of fused-ring (bicyclic) bond motifs is 2. The lowest BCUT2D eigenvalue weighted by molar-refractivity contribution is 0.0697. The fraction of sp³-hybridized carbons (Fsp3) is 0.571. The summed E-state index contributed by atoms with van der Waals surface area (Å²) in [5.41, 5.74) is 0.264. The molecule has 1 heterocycles. The number of hydrogen-bond acceptors (Lipinski definition) is 3. The van der Waals surface area contributed by atoms with E-state index in [1.165, 1.54) is 25.7 Å². The van der Waals surface area contributed by atoms with Crippen LogP contribution >= 0.6 is 0 Å². The van der Waals surface area contributed by atoms with Gasteiger partial charge in [-0.1, -0.05) is 6.42 Å². The maximum absolute atomic E-state index is 11.1. The van der Waals surface area contributed by atoms with E-state index in [0.717, 1.165) is 18.4 Å². The Labute approximate surface area is 106 Å². The molecule has 1 aromatic rings. The Morgan fingerprint density at radius 1 is 1.44 bits per heavy atom. The minimum atomic E-state index is -0.918. The highest BCUT2D eigenvalue weighted by Gasteiger charge is 2.39. The minimum Gasteiger partial charge on any atom is -0.478 e. The van der Waals surface area contributed by atoms with E-state index in [-0.39, 0.29) is 5.56 Å². The average molecular weight is 246 g/mol. The van der Waals surface area contributed by atoms with Crippen LogP contribution in [0.3, 0.4) is 0 Å². The molecule has 18 heavy (non-hydrogen) atoms. The molecule has 2 saturated carbocycles. The van der Waals surface area contributed by atoms with Crippen LogP contribution in [0.15, 0.2) is 18.3 Å². The summed E-state index contributed by atoms with van der Waals surface area (Å²) < 4.78 is 0. The zero-order valence-corrected chi connectivity index (χ0v) is 10.3. The summed E-state index contributed by atoms with van der Waals surface area (Å²) in [5.74, 6) is 2.06. The summed E-state index contributed by atoms with van der Waals surface area (Å²) in [6.45, 7) is 0.860. The first-order valence-corrected chi connectivity index (χ1v) is 6.66. The lowest BCUT2D eigenvalue weighted by Gasteiger charge is -2.22. The molecule has 2 N–H and O–H groups in total. The predicted octanol–water partition coefficient (Wildman–Crippen LogP) is 2.63. The Hall–Kier alpha value is -1.58. The van der Waals surface area contributed by atoms with Crippen molar-refractivity contribution in [3.8, 4) is 0 Å². The Bertz CT molecular complexity index is 461. The van der Waals surface area contributed by atoms with E-state index in [0.29, 0.717) is 11.7 Å². The van der Waals surface area contributed by atoms with E-state index in [1.807, 2.05) is 0 Å². The molecule has 2 aliphatic carbocycles. The first-order valence-electron chi connectivity index (χ1n) is 6.66. The number of anilines is 1. The van der Waals surface area contributed by atoms with Crippen molar-refractivity contribution >= 4 is 11.8 Å². The van der Waals surface area contributed by atoms with Gasteiger partial charge in [-0.05, 0) is 49.1 Å². The molecule has 2 bridgehead atoms. The minimum absolute atomic E-state index is 0.264. The van der Waals surface area contributed by atoms with E-state index in [2.05, 4.69) is 10.3 Å². The van der Waals surface area contributed by atoms with E-state index in [1.54, 1.807) is 18.3 Å². The van der Waals surface area contributed by atoms with Crippen molar-refractivity contribution in [1.82, 2.24) is 4.98 Å². The quantitative estimate of drug-likeness (QED) is 0.857. The maximum Gasteiger partial charge on any atom is 0.339 e. The van der Waals surface area contributed by atoms with Gasteiger partial charge in [0.1, 0.15) is 11.4 Å². The number of hydrogen-bond donors (Lipinski definition) is 2. The van der Waals surface area contributed by atoms with Gasteiger partial charge in [0.2, 0.25) is 0 Å². The van der Waals surface area contributed by atoms with Crippen molar-refractivity contribution in [3.63, 3.8) is 0 Å². The topological polar surface area (TPSA) is 62.2 Å². The average Bonchev–Trinajstić information content (AvgIpc) is 2.98. The maximum atomic E-state index is 11.1. The molecule has 3 unspecified atom stereocenters. The molecule has 96 valence electrons. The third-order valence-corrected chi connectivity index (χ3v) is 4.45. The third kappa shape index (κ3) is 2.07.